The Kier molecular flexibility index (Phi) is 6.44. The average Bonchev–Trinajstić information content (AvgIpc) is 2.40. The molecule has 100 valence electrons. The Morgan fingerprint density at radius 1 is 1.22 bits per heavy atom. The molecule has 3 heteroatoms. The van der Waals surface area contributed by atoms with Gasteiger partial charge in [0, 0.05) is 6.54 Å². The summed E-state index contributed by atoms with van der Waals surface area (Å²) < 4.78 is 0. The summed E-state index contributed by atoms with van der Waals surface area (Å²) in [6.07, 6.45) is 2.77. The van der Waals surface area contributed by atoms with Crippen molar-refractivity contribution in [3.05, 3.63) is 35.9 Å². The summed E-state index contributed by atoms with van der Waals surface area (Å²) in [5.74, 6) is 0.503. The number of carbonyl (C=O) groups excluding carboxylic acids is 1. The summed E-state index contributed by atoms with van der Waals surface area (Å²) in [5, 5.41) is 2.94. The van der Waals surface area contributed by atoms with Gasteiger partial charge in [-0.3, -0.25) is 4.79 Å². The molecule has 1 rings (SSSR count). The fraction of sp³-hybridized carbons (Fsp3) is 0.533. The summed E-state index contributed by atoms with van der Waals surface area (Å²) in [7, 11) is 0. The Morgan fingerprint density at radius 3 is 2.39 bits per heavy atom. The maximum absolute atomic E-state index is 11.8. The molecule has 1 aromatic rings. The first-order valence-electron chi connectivity index (χ1n) is 6.74. The topological polar surface area (TPSA) is 55.1 Å². The number of hydrogen-bond acceptors (Lipinski definition) is 2. The molecule has 0 aliphatic carbocycles. The van der Waals surface area contributed by atoms with E-state index in [0.29, 0.717) is 12.3 Å². The van der Waals surface area contributed by atoms with Gasteiger partial charge in [-0.2, -0.15) is 0 Å². The van der Waals surface area contributed by atoms with Crippen molar-refractivity contribution in [1.82, 2.24) is 5.32 Å². The van der Waals surface area contributed by atoms with Crippen molar-refractivity contribution in [2.45, 2.75) is 39.2 Å². The predicted molar refractivity (Wildman–Crippen MR) is 75.2 cm³/mol. The number of benzene rings is 1. The third-order valence-corrected chi connectivity index (χ3v) is 3.35. The van der Waals surface area contributed by atoms with Gasteiger partial charge in [0.2, 0.25) is 5.91 Å². The van der Waals surface area contributed by atoms with Crippen LogP contribution in [-0.2, 0) is 11.2 Å². The largest absolute Gasteiger partial charge is 0.354 e. The van der Waals surface area contributed by atoms with Crippen LogP contribution < -0.4 is 11.1 Å². The Morgan fingerprint density at radius 2 is 1.83 bits per heavy atom. The molecule has 0 fully saturated rings. The minimum absolute atomic E-state index is 0.0502. The van der Waals surface area contributed by atoms with E-state index in [9.17, 15) is 4.79 Å². The third-order valence-electron chi connectivity index (χ3n) is 3.35. The van der Waals surface area contributed by atoms with Crippen LogP contribution in [0.3, 0.4) is 0 Å². The molecule has 0 aliphatic heterocycles. The maximum Gasteiger partial charge on any atom is 0.237 e. The lowest BCUT2D eigenvalue weighted by atomic mass is 10.0. The molecule has 0 saturated heterocycles. The van der Waals surface area contributed by atoms with Crippen molar-refractivity contribution in [2.75, 3.05) is 6.54 Å². The van der Waals surface area contributed by atoms with E-state index < -0.39 is 6.04 Å². The number of carbonyl (C=O) groups is 1. The predicted octanol–water partition coefficient (Wildman–Crippen LogP) is 2.11. The zero-order chi connectivity index (χ0) is 13.4. The van der Waals surface area contributed by atoms with Crippen molar-refractivity contribution >= 4 is 5.91 Å². The van der Waals surface area contributed by atoms with E-state index in [0.717, 1.165) is 24.9 Å². The standard InChI is InChI=1S/C15H24N2O/c1-3-12(4-2)11-17-15(18)14(16)10-13-8-6-5-7-9-13/h5-9,12,14H,3-4,10-11,16H2,1-2H3,(H,17,18). The van der Waals surface area contributed by atoms with Gasteiger partial charge in [0.05, 0.1) is 6.04 Å². The van der Waals surface area contributed by atoms with Crippen LogP contribution in [0, 0.1) is 5.92 Å². The smallest absolute Gasteiger partial charge is 0.237 e. The maximum atomic E-state index is 11.8. The Labute approximate surface area is 110 Å². The zero-order valence-corrected chi connectivity index (χ0v) is 11.4. The molecule has 0 radical (unpaired) electrons. The van der Waals surface area contributed by atoms with Gasteiger partial charge >= 0.3 is 0 Å². The van der Waals surface area contributed by atoms with E-state index in [4.69, 9.17) is 5.73 Å². The third kappa shape index (κ3) is 4.88. The molecule has 0 saturated carbocycles. The molecule has 0 heterocycles. The first-order valence-corrected chi connectivity index (χ1v) is 6.74. The Hall–Kier alpha value is -1.35. The van der Waals surface area contributed by atoms with Crippen LogP contribution in [0.15, 0.2) is 30.3 Å². The number of nitrogens with one attached hydrogen (secondary N) is 1. The molecule has 0 aromatic heterocycles. The molecule has 3 nitrogen and oxygen atoms in total. The van der Waals surface area contributed by atoms with Crippen LogP contribution in [0.1, 0.15) is 32.3 Å². The molecule has 0 bridgehead atoms. The number of rotatable bonds is 7. The van der Waals surface area contributed by atoms with Gasteiger partial charge in [-0.25, -0.2) is 0 Å². The highest BCUT2D eigenvalue weighted by atomic mass is 16.2. The monoisotopic (exact) mass is 248 g/mol. The molecule has 18 heavy (non-hydrogen) atoms. The summed E-state index contributed by atoms with van der Waals surface area (Å²) >= 11 is 0. The van der Waals surface area contributed by atoms with E-state index >= 15 is 0 Å². The fourth-order valence-electron chi connectivity index (χ4n) is 1.91. The van der Waals surface area contributed by atoms with E-state index in [1.54, 1.807) is 0 Å². The van der Waals surface area contributed by atoms with Crippen molar-refractivity contribution in [3.8, 4) is 0 Å². The van der Waals surface area contributed by atoms with Gasteiger partial charge in [-0.05, 0) is 17.9 Å². The minimum Gasteiger partial charge on any atom is -0.354 e. The van der Waals surface area contributed by atoms with Crippen LogP contribution in [0.4, 0.5) is 0 Å². The van der Waals surface area contributed by atoms with Gasteiger partial charge < -0.3 is 11.1 Å². The lowest BCUT2D eigenvalue weighted by Crippen LogP contribution is -2.43. The molecule has 1 atom stereocenters. The molecular formula is C15H24N2O. The van der Waals surface area contributed by atoms with Crippen molar-refractivity contribution in [1.29, 1.82) is 0 Å². The summed E-state index contributed by atoms with van der Waals surface area (Å²) in [5.41, 5.74) is 7.01. The number of nitrogens with two attached hydrogens (primary N) is 1. The highest BCUT2D eigenvalue weighted by Gasteiger charge is 2.14. The zero-order valence-electron chi connectivity index (χ0n) is 11.4. The SMILES string of the molecule is CCC(CC)CNC(=O)C(N)Cc1ccccc1. The van der Waals surface area contributed by atoms with Crippen LogP contribution in [0.5, 0.6) is 0 Å². The first kappa shape index (κ1) is 14.7. The average molecular weight is 248 g/mol. The van der Waals surface area contributed by atoms with Crippen LogP contribution >= 0.6 is 0 Å². The van der Waals surface area contributed by atoms with E-state index in [-0.39, 0.29) is 5.91 Å². The van der Waals surface area contributed by atoms with E-state index in [1.807, 2.05) is 30.3 Å². The molecule has 1 amide bonds. The first-order chi connectivity index (χ1) is 8.67. The van der Waals surface area contributed by atoms with E-state index in [2.05, 4.69) is 19.2 Å². The van der Waals surface area contributed by atoms with Gasteiger partial charge in [0.15, 0.2) is 0 Å². The van der Waals surface area contributed by atoms with Crippen molar-refractivity contribution in [3.63, 3.8) is 0 Å². The molecule has 1 unspecified atom stereocenters. The quantitative estimate of drug-likeness (QED) is 0.776. The normalized spacial score (nSPS) is 12.4. The summed E-state index contributed by atoms with van der Waals surface area (Å²) in [6, 6.07) is 9.42. The highest BCUT2D eigenvalue weighted by molar-refractivity contribution is 5.81. The van der Waals surface area contributed by atoms with E-state index in [1.165, 1.54) is 0 Å². The van der Waals surface area contributed by atoms with Crippen LogP contribution in [0.25, 0.3) is 0 Å². The minimum atomic E-state index is -0.457. The second kappa shape index (κ2) is 7.88. The van der Waals surface area contributed by atoms with Crippen molar-refractivity contribution in [2.24, 2.45) is 11.7 Å². The van der Waals surface area contributed by atoms with Gasteiger partial charge in [-0.1, -0.05) is 57.0 Å². The second-order valence-electron chi connectivity index (χ2n) is 4.72. The summed E-state index contributed by atoms with van der Waals surface area (Å²) in [4.78, 5) is 11.8. The fourth-order valence-corrected chi connectivity index (χ4v) is 1.91. The lowest BCUT2D eigenvalue weighted by molar-refractivity contribution is -0.122. The molecular weight excluding hydrogens is 224 g/mol. The molecule has 0 spiro atoms. The highest BCUT2D eigenvalue weighted by Crippen LogP contribution is 2.06. The molecule has 3 N–H and O–H groups in total. The Balaban J connectivity index is 2.37. The lowest BCUT2D eigenvalue weighted by Gasteiger charge is -2.16. The molecule has 0 aliphatic rings. The van der Waals surface area contributed by atoms with Crippen LogP contribution in [0.2, 0.25) is 0 Å². The van der Waals surface area contributed by atoms with Gasteiger partial charge in [0.1, 0.15) is 0 Å². The number of hydrogen-bond donors (Lipinski definition) is 2. The van der Waals surface area contributed by atoms with Gasteiger partial charge in [0.25, 0.3) is 0 Å². The Bertz CT molecular complexity index is 347. The van der Waals surface area contributed by atoms with Crippen LogP contribution in [-0.4, -0.2) is 18.5 Å². The van der Waals surface area contributed by atoms with Crippen molar-refractivity contribution < 1.29 is 4.79 Å². The number of amides is 1. The van der Waals surface area contributed by atoms with Gasteiger partial charge in [-0.15, -0.1) is 0 Å². The molecule has 1 aromatic carbocycles. The second-order valence-corrected chi connectivity index (χ2v) is 4.72. The summed E-state index contributed by atoms with van der Waals surface area (Å²) in [6.45, 7) is 5.02.